The van der Waals surface area contributed by atoms with Crippen LogP contribution in [-0.4, -0.2) is 96.0 Å². The Morgan fingerprint density at radius 1 is 0.538 bits per heavy atom. The van der Waals surface area contributed by atoms with Crippen molar-refractivity contribution in [2.45, 2.75) is 263 Å². The maximum atomic E-state index is 12.8. The van der Waals surface area contributed by atoms with Crippen molar-refractivity contribution in [1.82, 2.24) is 0 Å². The molecule has 1 fully saturated rings. The number of ether oxygens (including phenoxy) is 4. The summed E-state index contributed by atoms with van der Waals surface area (Å²) in [5.41, 5.74) is 0. The summed E-state index contributed by atoms with van der Waals surface area (Å²) >= 11 is 0. The molecule has 4 N–H and O–H groups in total. The van der Waals surface area contributed by atoms with Gasteiger partial charge in [0.2, 0.25) is 0 Å². The van der Waals surface area contributed by atoms with E-state index in [4.69, 9.17) is 18.9 Å². The van der Waals surface area contributed by atoms with E-state index in [9.17, 15) is 37.9 Å². The molecule has 0 aromatic carbocycles. The Morgan fingerprint density at radius 3 is 1.45 bits per heavy atom. The van der Waals surface area contributed by atoms with Crippen molar-refractivity contribution in [1.29, 1.82) is 0 Å². The highest BCUT2D eigenvalue weighted by atomic mass is 32.2. The molecule has 1 saturated heterocycles. The molecule has 0 saturated carbocycles. The SMILES string of the molecule is CC/C=C\C/C=C\C/C=C\CCCCCCCC(=O)OC(COC(=O)CCCCCCCCCCCCCCCCCCCCCCCC)COC1OC(CS(=O)(=O)O)C(O)C(O)C1O. The lowest BCUT2D eigenvalue weighted by Crippen LogP contribution is -2.60. The maximum absolute atomic E-state index is 12.8. The van der Waals surface area contributed by atoms with Crippen LogP contribution in [0.15, 0.2) is 36.5 Å². The molecule has 0 aliphatic carbocycles. The third-order valence-electron chi connectivity index (χ3n) is 12.0. The lowest BCUT2D eigenvalue weighted by molar-refractivity contribution is -0.297. The molecule has 0 spiro atoms. The molecule has 0 amide bonds. The molecule has 1 rings (SSSR count). The van der Waals surface area contributed by atoms with Gasteiger partial charge in [0.1, 0.15) is 36.8 Å². The Kier molecular flexibility index (Phi) is 39.4. The van der Waals surface area contributed by atoms with Crippen LogP contribution >= 0.6 is 0 Å². The van der Waals surface area contributed by atoms with Gasteiger partial charge in [-0.1, -0.05) is 204 Å². The second-order valence-electron chi connectivity index (χ2n) is 18.2. The Labute approximate surface area is 395 Å². The molecule has 65 heavy (non-hydrogen) atoms. The summed E-state index contributed by atoms with van der Waals surface area (Å²) in [4.78, 5) is 25.5. The fourth-order valence-corrected chi connectivity index (χ4v) is 8.68. The van der Waals surface area contributed by atoms with Crippen LogP contribution in [0.3, 0.4) is 0 Å². The van der Waals surface area contributed by atoms with E-state index >= 15 is 0 Å². The lowest BCUT2D eigenvalue weighted by atomic mass is 10.00. The number of aliphatic hydroxyl groups excluding tert-OH is 3. The predicted octanol–water partition coefficient (Wildman–Crippen LogP) is 11.7. The predicted molar refractivity (Wildman–Crippen MR) is 261 cm³/mol. The summed E-state index contributed by atoms with van der Waals surface area (Å²) in [6.45, 7) is 3.67. The van der Waals surface area contributed by atoms with Gasteiger partial charge in [0.15, 0.2) is 12.4 Å². The van der Waals surface area contributed by atoms with E-state index in [0.29, 0.717) is 12.8 Å². The van der Waals surface area contributed by atoms with Gasteiger partial charge in [-0.15, -0.1) is 0 Å². The molecular weight excluding hydrogens is 849 g/mol. The van der Waals surface area contributed by atoms with Crippen LogP contribution in [0.5, 0.6) is 0 Å². The highest BCUT2D eigenvalue weighted by Crippen LogP contribution is 2.24. The molecule has 12 nitrogen and oxygen atoms in total. The van der Waals surface area contributed by atoms with Gasteiger partial charge in [-0.3, -0.25) is 14.1 Å². The van der Waals surface area contributed by atoms with Gasteiger partial charge >= 0.3 is 11.9 Å². The minimum atomic E-state index is -4.61. The fourth-order valence-electron chi connectivity index (χ4n) is 7.99. The van der Waals surface area contributed by atoms with Crippen LogP contribution in [0.25, 0.3) is 0 Å². The van der Waals surface area contributed by atoms with E-state index in [1.165, 1.54) is 116 Å². The smallest absolute Gasteiger partial charge is 0.306 e. The zero-order valence-electron chi connectivity index (χ0n) is 40.8. The zero-order valence-corrected chi connectivity index (χ0v) is 41.7. The van der Waals surface area contributed by atoms with E-state index in [-0.39, 0.29) is 19.4 Å². The van der Waals surface area contributed by atoms with Crippen molar-refractivity contribution in [2.75, 3.05) is 19.0 Å². The van der Waals surface area contributed by atoms with Gasteiger partial charge in [0, 0.05) is 12.8 Å². The molecule has 380 valence electrons. The van der Waals surface area contributed by atoms with Crippen LogP contribution in [0.1, 0.15) is 226 Å². The minimum absolute atomic E-state index is 0.146. The van der Waals surface area contributed by atoms with Gasteiger partial charge < -0.3 is 34.3 Å². The van der Waals surface area contributed by atoms with Crippen LogP contribution in [-0.2, 0) is 38.7 Å². The molecule has 6 unspecified atom stereocenters. The standard InChI is InChI=1S/C52H94O12S/c1-3-5-7-9-11-13-15-17-19-20-21-22-23-24-25-27-28-30-32-34-36-38-40-47(53)61-42-45(43-62-52-51(57)50(56)49(55)46(64-52)44-65(58,59)60)63-48(54)41-39-37-35-33-31-29-26-18-16-14-12-10-8-6-4-2/h6,8,12,14,18,26,45-46,49-52,55-57H,3-5,7,9-11,13,15-17,19-25,27-44H2,1-2H3,(H,58,59,60)/b8-6-,14-12-,26-18-. The summed E-state index contributed by atoms with van der Waals surface area (Å²) in [6.07, 6.45) is 40.5. The second-order valence-corrected chi connectivity index (χ2v) is 19.7. The number of carbonyl (C=O) groups excluding carboxylic acids is 2. The fraction of sp³-hybridized carbons (Fsp3) is 0.846. The second kappa shape index (κ2) is 42.0. The van der Waals surface area contributed by atoms with Gasteiger partial charge in [0.25, 0.3) is 10.1 Å². The van der Waals surface area contributed by atoms with Crippen molar-refractivity contribution in [3.63, 3.8) is 0 Å². The van der Waals surface area contributed by atoms with Crippen molar-refractivity contribution in [3.8, 4) is 0 Å². The molecule has 0 aromatic heterocycles. The first-order chi connectivity index (χ1) is 31.5. The summed E-state index contributed by atoms with van der Waals surface area (Å²) in [5, 5.41) is 31.0. The minimum Gasteiger partial charge on any atom is -0.462 e. The third-order valence-corrected chi connectivity index (χ3v) is 12.7. The number of carbonyl (C=O) groups is 2. The largest absolute Gasteiger partial charge is 0.462 e. The molecule has 0 bridgehead atoms. The quantitative estimate of drug-likeness (QED) is 0.0196. The van der Waals surface area contributed by atoms with Gasteiger partial charge in [-0.25, -0.2) is 0 Å². The Balaban J connectivity index is 2.34. The number of hydrogen-bond acceptors (Lipinski definition) is 11. The highest BCUT2D eigenvalue weighted by Gasteiger charge is 2.46. The molecule has 13 heteroatoms. The number of rotatable bonds is 44. The summed E-state index contributed by atoms with van der Waals surface area (Å²) in [7, 11) is -4.61. The van der Waals surface area contributed by atoms with Crippen LogP contribution < -0.4 is 0 Å². The summed E-state index contributed by atoms with van der Waals surface area (Å²) < 4.78 is 54.2. The maximum Gasteiger partial charge on any atom is 0.306 e. The number of hydrogen-bond donors (Lipinski definition) is 4. The summed E-state index contributed by atoms with van der Waals surface area (Å²) in [5.74, 6) is -2.00. The lowest BCUT2D eigenvalue weighted by Gasteiger charge is -2.40. The molecular formula is C52H94O12S. The molecule has 0 radical (unpaired) electrons. The Hall–Kier alpha value is -2.13. The average Bonchev–Trinajstić information content (AvgIpc) is 3.27. The average molecular weight is 943 g/mol. The van der Waals surface area contributed by atoms with E-state index < -0.39 is 71.2 Å². The topological polar surface area (TPSA) is 186 Å². The monoisotopic (exact) mass is 943 g/mol. The van der Waals surface area contributed by atoms with Crippen molar-refractivity contribution < 1.29 is 56.8 Å². The summed E-state index contributed by atoms with van der Waals surface area (Å²) in [6, 6.07) is 0. The van der Waals surface area contributed by atoms with Crippen LogP contribution in [0.2, 0.25) is 0 Å². The van der Waals surface area contributed by atoms with Gasteiger partial charge in [0.05, 0.1) is 6.61 Å². The van der Waals surface area contributed by atoms with Crippen molar-refractivity contribution in [3.05, 3.63) is 36.5 Å². The van der Waals surface area contributed by atoms with Crippen LogP contribution in [0.4, 0.5) is 0 Å². The first kappa shape index (κ1) is 60.9. The van der Waals surface area contributed by atoms with Gasteiger partial charge in [-0.05, 0) is 44.9 Å². The number of unbranched alkanes of at least 4 members (excludes halogenated alkanes) is 26. The van der Waals surface area contributed by atoms with Crippen LogP contribution in [0, 0.1) is 0 Å². The van der Waals surface area contributed by atoms with Gasteiger partial charge in [-0.2, -0.15) is 8.42 Å². The Morgan fingerprint density at radius 2 is 0.969 bits per heavy atom. The van der Waals surface area contributed by atoms with E-state index in [1.54, 1.807) is 0 Å². The van der Waals surface area contributed by atoms with Crippen molar-refractivity contribution >= 4 is 22.1 Å². The zero-order chi connectivity index (χ0) is 47.6. The molecule has 0 aromatic rings. The molecule has 1 aliphatic heterocycles. The normalized spacial score (nSPS) is 19.8. The Bertz CT molecular complexity index is 1330. The number of esters is 2. The van der Waals surface area contributed by atoms with E-state index in [1.807, 2.05) is 0 Å². The van der Waals surface area contributed by atoms with E-state index in [0.717, 1.165) is 70.6 Å². The first-order valence-corrected chi connectivity index (χ1v) is 27.7. The molecule has 1 heterocycles. The third kappa shape index (κ3) is 36.6. The molecule has 6 atom stereocenters. The number of aliphatic hydroxyl groups is 3. The first-order valence-electron chi connectivity index (χ1n) is 26.0. The highest BCUT2D eigenvalue weighted by molar-refractivity contribution is 7.85. The van der Waals surface area contributed by atoms with E-state index in [2.05, 4.69) is 50.3 Å². The van der Waals surface area contributed by atoms with Crippen molar-refractivity contribution in [2.24, 2.45) is 0 Å². The molecule has 1 aliphatic rings. The number of allylic oxidation sites excluding steroid dienone is 6.